The first-order valence-corrected chi connectivity index (χ1v) is 9.18. The SMILES string of the molecule is CCOC(=O)c1cnn(-c2ccc(C(=O)Nc3ccccc3OC(F)(F)F)cc2)c1C. The van der Waals surface area contributed by atoms with Crippen LogP contribution < -0.4 is 10.1 Å². The summed E-state index contributed by atoms with van der Waals surface area (Å²) in [6, 6.07) is 11.4. The number of halogens is 3. The van der Waals surface area contributed by atoms with Gasteiger partial charge >= 0.3 is 12.3 Å². The first kappa shape index (κ1) is 21.9. The van der Waals surface area contributed by atoms with E-state index >= 15 is 0 Å². The Bertz CT molecular complexity index is 1090. The Hall–Kier alpha value is -3.82. The summed E-state index contributed by atoms with van der Waals surface area (Å²) in [6.45, 7) is 3.65. The van der Waals surface area contributed by atoms with Crippen molar-refractivity contribution < 1.29 is 32.2 Å². The second-order valence-electron chi connectivity index (χ2n) is 6.32. The van der Waals surface area contributed by atoms with Crippen molar-refractivity contribution in [2.45, 2.75) is 20.2 Å². The van der Waals surface area contributed by atoms with Gasteiger partial charge in [-0.1, -0.05) is 12.1 Å². The number of carbonyl (C=O) groups is 2. The van der Waals surface area contributed by atoms with Gasteiger partial charge in [0.05, 0.1) is 29.9 Å². The van der Waals surface area contributed by atoms with Crippen molar-refractivity contribution in [1.29, 1.82) is 0 Å². The Labute approximate surface area is 175 Å². The standard InChI is InChI=1S/C21H18F3N3O4/c1-3-30-20(29)16-12-25-27(13(16)2)15-10-8-14(9-11-15)19(28)26-17-6-4-5-7-18(17)31-21(22,23)24/h4-12H,3H2,1-2H3,(H,26,28). The molecule has 7 nitrogen and oxygen atoms in total. The third-order valence-electron chi connectivity index (χ3n) is 4.24. The summed E-state index contributed by atoms with van der Waals surface area (Å²) in [5, 5.41) is 6.57. The number of hydrogen-bond donors (Lipinski definition) is 1. The van der Waals surface area contributed by atoms with Crippen LogP contribution in [0.5, 0.6) is 5.75 Å². The molecule has 0 spiro atoms. The smallest absolute Gasteiger partial charge is 0.462 e. The molecule has 0 radical (unpaired) electrons. The number of benzene rings is 2. The first-order chi connectivity index (χ1) is 14.7. The maximum absolute atomic E-state index is 12.5. The number of para-hydroxylation sites is 2. The van der Waals surface area contributed by atoms with Gasteiger partial charge in [0.25, 0.3) is 5.91 Å². The molecule has 10 heteroatoms. The van der Waals surface area contributed by atoms with Gasteiger partial charge in [-0.25, -0.2) is 9.48 Å². The zero-order valence-electron chi connectivity index (χ0n) is 16.6. The number of alkyl halides is 3. The third-order valence-corrected chi connectivity index (χ3v) is 4.24. The number of nitrogens with one attached hydrogen (secondary N) is 1. The van der Waals surface area contributed by atoms with Crippen molar-refractivity contribution >= 4 is 17.6 Å². The fourth-order valence-corrected chi connectivity index (χ4v) is 2.81. The lowest BCUT2D eigenvalue weighted by molar-refractivity contribution is -0.274. The van der Waals surface area contributed by atoms with Gasteiger partial charge < -0.3 is 14.8 Å². The van der Waals surface area contributed by atoms with E-state index < -0.39 is 24.0 Å². The molecule has 1 heterocycles. The second kappa shape index (κ2) is 8.90. The van der Waals surface area contributed by atoms with Crippen LogP contribution in [0.2, 0.25) is 0 Å². The van der Waals surface area contributed by atoms with Crippen LogP contribution in [0.1, 0.15) is 33.3 Å². The van der Waals surface area contributed by atoms with Crippen molar-refractivity contribution in [2.75, 3.05) is 11.9 Å². The number of rotatable bonds is 6. The van der Waals surface area contributed by atoms with Gasteiger partial charge in [0.15, 0.2) is 5.75 Å². The molecular formula is C21H18F3N3O4. The van der Waals surface area contributed by atoms with Crippen LogP contribution in [-0.4, -0.2) is 34.6 Å². The van der Waals surface area contributed by atoms with Crippen LogP contribution in [0.3, 0.4) is 0 Å². The lowest BCUT2D eigenvalue weighted by atomic mass is 10.1. The Morgan fingerprint density at radius 2 is 1.77 bits per heavy atom. The van der Waals surface area contributed by atoms with E-state index in [1.807, 2.05) is 0 Å². The summed E-state index contributed by atoms with van der Waals surface area (Å²) in [6.07, 6.45) is -3.49. The average molecular weight is 433 g/mol. The van der Waals surface area contributed by atoms with Crippen molar-refractivity contribution in [1.82, 2.24) is 9.78 Å². The quantitative estimate of drug-likeness (QED) is 0.579. The molecule has 0 fully saturated rings. The maximum atomic E-state index is 12.5. The van der Waals surface area contributed by atoms with Crippen molar-refractivity contribution in [2.24, 2.45) is 0 Å². The van der Waals surface area contributed by atoms with Crippen LogP contribution in [0.4, 0.5) is 18.9 Å². The highest BCUT2D eigenvalue weighted by Gasteiger charge is 2.32. The zero-order valence-corrected chi connectivity index (χ0v) is 16.6. The zero-order chi connectivity index (χ0) is 22.6. The van der Waals surface area contributed by atoms with E-state index in [2.05, 4.69) is 15.2 Å². The number of ether oxygens (including phenoxy) is 2. The molecule has 31 heavy (non-hydrogen) atoms. The molecular weight excluding hydrogens is 415 g/mol. The highest BCUT2D eigenvalue weighted by molar-refractivity contribution is 6.05. The van der Waals surface area contributed by atoms with Crippen LogP contribution >= 0.6 is 0 Å². The first-order valence-electron chi connectivity index (χ1n) is 9.18. The molecule has 0 saturated heterocycles. The molecule has 3 rings (SSSR count). The lowest BCUT2D eigenvalue weighted by Gasteiger charge is -2.14. The number of anilines is 1. The fourth-order valence-electron chi connectivity index (χ4n) is 2.81. The minimum atomic E-state index is -4.88. The number of hydrogen-bond acceptors (Lipinski definition) is 5. The average Bonchev–Trinajstić information content (AvgIpc) is 3.10. The Balaban J connectivity index is 1.77. The second-order valence-corrected chi connectivity index (χ2v) is 6.32. The Kier molecular flexibility index (Phi) is 6.28. The molecule has 0 unspecified atom stereocenters. The highest BCUT2D eigenvalue weighted by Crippen LogP contribution is 2.30. The lowest BCUT2D eigenvalue weighted by Crippen LogP contribution is -2.19. The van der Waals surface area contributed by atoms with Crippen molar-refractivity contribution in [3.8, 4) is 11.4 Å². The van der Waals surface area contributed by atoms with E-state index in [0.29, 0.717) is 16.9 Å². The number of nitrogens with zero attached hydrogens (tertiary/aromatic N) is 2. The van der Waals surface area contributed by atoms with Gasteiger partial charge in [0.2, 0.25) is 0 Å². The van der Waals surface area contributed by atoms with E-state index in [-0.39, 0.29) is 17.9 Å². The fraction of sp³-hybridized carbons (Fsp3) is 0.190. The van der Waals surface area contributed by atoms with Gasteiger partial charge in [-0.05, 0) is 50.2 Å². The predicted molar refractivity (Wildman–Crippen MR) is 105 cm³/mol. The molecule has 0 aliphatic heterocycles. The molecule has 1 amide bonds. The van der Waals surface area contributed by atoms with E-state index in [9.17, 15) is 22.8 Å². The number of aromatic nitrogens is 2. The molecule has 3 aromatic rings. The number of carbonyl (C=O) groups excluding carboxylic acids is 2. The van der Waals surface area contributed by atoms with Gasteiger partial charge in [-0.2, -0.15) is 5.10 Å². The molecule has 1 N–H and O–H groups in total. The third kappa shape index (κ3) is 5.21. The van der Waals surface area contributed by atoms with Crippen LogP contribution in [0, 0.1) is 6.92 Å². The number of amides is 1. The normalized spacial score (nSPS) is 11.1. The molecule has 0 aliphatic rings. The molecule has 2 aromatic carbocycles. The topological polar surface area (TPSA) is 82.5 Å². The number of esters is 1. The van der Waals surface area contributed by atoms with Crippen LogP contribution in [0.15, 0.2) is 54.7 Å². The van der Waals surface area contributed by atoms with E-state index in [1.165, 1.54) is 41.2 Å². The van der Waals surface area contributed by atoms with E-state index in [0.717, 1.165) is 6.07 Å². The van der Waals surface area contributed by atoms with E-state index in [1.54, 1.807) is 26.0 Å². The van der Waals surface area contributed by atoms with Crippen molar-refractivity contribution in [3.63, 3.8) is 0 Å². The van der Waals surface area contributed by atoms with Gasteiger partial charge in [0, 0.05) is 5.56 Å². The summed E-state index contributed by atoms with van der Waals surface area (Å²) < 4.78 is 48.1. The predicted octanol–water partition coefficient (Wildman–Crippen LogP) is 4.51. The van der Waals surface area contributed by atoms with Gasteiger partial charge in [-0.15, -0.1) is 13.2 Å². The molecule has 0 atom stereocenters. The molecule has 0 saturated carbocycles. The summed E-state index contributed by atoms with van der Waals surface area (Å²) in [5.41, 5.74) is 1.57. The largest absolute Gasteiger partial charge is 0.573 e. The highest BCUT2D eigenvalue weighted by atomic mass is 19.4. The summed E-state index contributed by atoms with van der Waals surface area (Å²) in [7, 11) is 0. The Morgan fingerprint density at radius 3 is 2.42 bits per heavy atom. The maximum Gasteiger partial charge on any atom is 0.573 e. The van der Waals surface area contributed by atoms with Gasteiger partial charge in [0.1, 0.15) is 5.56 Å². The van der Waals surface area contributed by atoms with Crippen LogP contribution in [-0.2, 0) is 4.74 Å². The Morgan fingerprint density at radius 1 is 1.10 bits per heavy atom. The summed E-state index contributed by atoms with van der Waals surface area (Å²) in [5.74, 6) is -1.62. The van der Waals surface area contributed by atoms with Gasteiger partial charge in [-0.3, -0.25) is 4.79 Å². The minimum absolute atomic E-state index is 0.115. The molecule has 162 valence electrons. The monoisotopic (exact) mass is 433 g/mol. The molecule has 0 aliphatic carbocycles. The summed E-state index contributed by atoms with van der Waals surface area (Å²) >= 11 is 0. The van der Waals surface area contributed by atoms with Crippen LogP contribution in [0.25, 0.3) is 5.69 Å². The van der Waals surface area contributed by atoms with Crippen molar-refractivity contribution in [3.05, 3.63) is 71.5 Å². The molecule has 0 bridgehead atoms. The minimum Gasteiger partial charge on any atom is -0.462 e. The van der Waals surface area contributed by atoms with E-state index in [4.69, 9.17) is 4.74 Å². The summed E-state index contributed by atoms with van der Waals surface area (Å²) in [4.78, 5) is 24.4. The molecule has 1 aromatic heterocycles.